The predicted octanol–water partition coefficient (Wildman–Crippen LogP) is 2.72. The van der Waals surface area contributed by atoms with Gasteiger partial charge < -0.3 is 0 Å². The summed E-state index contributed by atoms with van der Waals surface area (Å²) in [5.74, 6) is -0.290. The Morgan fingerprint density at radius 3 is 2.50 bits per heavy atom. The quantitative estimate of drug-likeness (QED) is 0.803. The molecular weight excluding hydrogens is 298 g/mol. The van der Waals surface area contributed by atoms with E-state index in [1.807, 2.05) is 18.2 Å². The highest BCUT2D eigenvalue weighted by Crippen LogP contribution is 2.25. The molecule has 7 heteroatoms. The number of aromatic nitrogens is 3. The van der Waals surface area contributed by atoms with E-state index in [-0.39, 0.29) is 5.91 Å². The highest BCUT2D eigenvalue weighted by atomic mass is 32.1. The Bertz CT molecular complexity index is 836. The minimum Gasteiger partial charge on any atom is -0.296 e. The van der Waals surface area contributed by atoms with E-state index in [1.54, 1.807) is 36.7 Å². The lowest BCUT2D eigenvalue weighted by Crippen LogP contribution is -2.11. The summed E-state index contributed by atoms with van der Waals surface area (Å²) in [6.07, 6.45) is 3.34. The lowest BCUT2D eigenvalue weighted by molar-refractivity contribution is 0.102. The van der Waals surface area contributed by atoms with Crippen LogP contribution >= 0.6 is 11.3 Å². The van der Waals surface area contributed by atoms with Crippen molar-refractivity contribution < 1.29 is 4.79 Å². The zero-order valence-corrected chi connectivity index (χ0v) is 12.0. The van der Waals surface area contributed by atoms with Crippen molar-refractivity contribution in [3.05, 3.63) is 59.9 Å². The van der Waals surface area contributed by atoms with Gasteiger partial charge in [-0.2, -0.15) is 5.26 Å². The van der Waals surface area contributed by atoms with Gasteiger partial charge in [-0.05, 0) is 36.4 Å². The van der Waals surface area contributed by atoms with Crippen LogP contribution in [0.2, 0.25) is 0 Å². The molecule has 3 aromatic rings. The molecule has 22 heavy (non-hydrogen) atoms. The van der Waals surface area contributed by atoms with Gasteiger partial charge in [-0.1, -0.05) is 11.3 Å². The topological polar surface area (TPSA) is 91.6 Å². The standard InChI is InChI=1S/C15H9N5OS/c16-9-10-1-3-11(4-2-10)13(21)18-15-20-19-14(22-15)12-5-7-17-8-6-12/h1-8H,(H,18,20,21). The molecule has 0 aliphatic carbocycles. The number of nitrogens with one attached hydrogen (secondary N) is 1. The van der Waals surface area contributed by atoms with Crippen LogP contribution in [0.15, 0.2) is 48.8 Å². The van der Waals surface area contributed by atoms with Crippen LogP contribution in [-0.4, -0.2) is 21.1 Å². The number of nitriles is 1. The number of amides is 1. The second-order valence-electron chi connectivity index (χ2n) is 4.29. The summed E-state index contributed by atoms with van der Waals surface area (Å²) in [7, 11) is 0. The first-order valence-electron chi connectivity index (χ1n) is 6.31. The van der Waals surface area contributed by atoms with Gasteiger partial charge in [0.25, 0.3) is 5.91 Å². The summed E-state index contributed by atoms with van der Waals surface area (Å²) in [4.78, 5) is 16.0. The molecule has 0 saturated heterocycles. The van der Waals surface area contributed by atoms with E-state index in [2.05, 4.69) is 20.5 Å². The molecule has 0 radical (unpaired) electrons. The molecule has 0 unspecified atom stereocenters. The van der Waals surface area contributed by atoms with Crippen molar-refractivity contribution in [2.75, 3.05) is 5.32 Å². The molecule has 1 N–H and O–H groups in total. The molecule has 0 saturated carbocycles. The molecule has 0 bridgehead atoms. The summed E-state index contributed by atoms with van der Waals surface area (Å²) in [6.45, 7) is 0. The lowest BCUT2D eigenvalue weighted by Gasteiger charge is -2.00. The third kappa shape index (κ3) is 2.97. The van der Waals surface area contributed by atoms with E-state index in [1.165, 1.54) is 11.3 Å². The van der Waals surface area contributed by atoms with E-state index < -0.39 is 0 Å². The van der Waals surface area contributed by atoms with Crippen LogP contribution in [0, 0.1) is 11.3 Å². The van der Waals surface area contributed by atoms with Gasteiger partial charge in [-0.25, -0.2) is 0 Å². The Morgan fingerprint density at radius 1 is 1.09 bits per heavy atom. The Labute approximate surface area is 130 Å². The van der Waals surface area contributed by atoms with E-state index >= 15 is 0 Å². The van der Waals surface area contributed by atoms with E-state index in [0.29, 0.717) is 21.3 Å². The molecule has 0 spiro atoms. The van der Waals surface area contributed by atoms with E-state index in [9.17, 15) is 4.79 Å². The normalized spacial score (nSPS) is 9.95. The van der Waals surface area contributed by atoms with Crippen molar-refractivity contribution in [2.24, 2.45) is 0 Å². The molecule has 1 aromatic carbocycles. The maximum atomic E-state index is 12.1. The molecule has 0 aliphatic heterocycles. The molecule has 0 atom stereocenters. The number of carbonyl (C=O) groups is 1. The monoisotopic (exact) mass is 307 g/mol. The van der Waals surface area contributed by atoms with Crippen molar-refractivity contribution >= 4 is 22.4 Å². The highest BCUT2D eigenvalue weighted by Gasteiger charge is 2.11. The van der Waals surface area contributed by atoms with Gasteiger partial charge in [0.1, 0.15) is 5.01 Å². The molecule has 2 aromatic heterocycles. The number of hydrogen-bond acceptors (Lipinski definition) is 6. The van der Waals surface area contributed by atoms with Gasteiger partial charge >= 0.3 is 0 Å². The average Bonchev–Trinajstić information content (AvgIpc) is 3.04. The van der Waals surface area contributed by atoms with Gasteiger partial charge in [0.15, 0.2) is 0 Å². The lowest BCUT2D eigenvalue weighted by atomic mass is 10.1. The Hall–Kier alpha value is -3.11. The van der Waals surface area contributed by atoms with Gasteiger partial charge in [0, 0.05) is 23.5 Å². The van der Waals surface area contributed by atoms with Crippen molar-refractivity contribution in [3.63, 3.8) is 0 Å². The van der Waals surface area contributed by atoms with Crippen molar-refractivity contribution in [3.8, 4) is 16.6 Å². The van der Waals surface area contributed by atoms with Crippen LogP contribution < -0.4 is 5.32 Å². The highest BCUT2D eigenvalue weighted by molar-refractivity contribution is 7.18. The smallest absolute Gasteiger partial charge is 0.257 e. The molecule has 6 nitrogen and oxygen atoms in total. The number of carbonyl (C=O) groups excluding carboxylic acids is 1. The van der Waals surface area contributed by atoms with Crippen LogP contribution in [0.1, 0.15) is 15.9 Å². The van der Waals surface area contributed by atoms with Crippen LogP contribution in [0.5, 0.6) is 0 Å². The van der Waals surface area contributed by atoms with E-state index in [0.717, 1.165) is 5.56 Å². The van der Waals surface area contributed by atoms with Crippen LogP contribution in [0.3, 0.4) is 0 Å². The average molecular weight is 307 g/mol. The van der Waals surface area contributed by atoms with Gasteiger partial charge in [0.05, 0.1) is 11.6 Å². The number of hydrogen-bond donors (Lipinski definition) is 1. The Balaban J connectivity index is 1.74. The second-order valence-corrected chi connectivity index (χ2v) is 5.27. The fraction of sp³-hybridized carbons (Fsp3) is 0. The van der Waals surface area contributed by atoms with Crippen molar-refractivity contribution in [1.29, 1.82) is 5.26 Å². The summed E-state index contributed by atoms with van der Waals surface area (Å²) in [6, 6.07) is 12.0. The van der Waals surface area contributed by atoms with Gasteiger partial charge in [0.2, 0.25) is 5.13 Å². The second kappa shape index (κ2) is 6.11. The molecular formula is C15H9N5OS. The first-order chi connectivity index (χ1) is 10.8. The zero-order valence-electron chi connectivity index (χ0n) is 11.2. The van der Waals surface area contributed by atoms with E-state index in [4.69, 9.17) is 5.26 Å². The summed E-state index contributed by atoms with van der Waals surface area (Å²) >= 11 is 1.28. The van der Waals surface area contributed by atoms with Crippen LogP contribution in [0.25, 0.3) is 10.6 Å². The van der Waals surface area contributed by atoms with Gasteiger partial charge in [-0.3, -0.25) is 15.1 Å². The third-order valence-electron chi connectivity index (χ3n) is 2.85. The number of rotatable bonds is 3. The number of pyridine rings is 1. The largest absolute Gasteiger partial charge is 0.296 e. The molecule has 1 amide bonds. The third-order valence-corrected chi connectivity index (χ3v) is 3.74. The molecule has 106 valence electrons. The molecule has 0 aliphatic rings. The Kier molecular flexibility index (Phi) is 3.85. The Morgan fingerprint density at radius 2 is 1.82 bits per heavy atom. The SMILES string of the molecule is N#Cc1ccc(C(=O)Nc2nnc(-c3ccncc3)s2)cc1. The maximum absolute atomic E-state index is 12.1. The number of nitrogens with zero attached hydrogens (tertiary/aromatic N) is 4. The van der Waals surface area contributed by atoms with Crippen molar-refractivity contribution in [1.82, 2.24) is 15.2 Å². The number of anilines is 1. The van der Waals surface area contributed by atoms with Crippen molar-refractivity contribution in [2.45, 2.75) is 0 Å². The predicted molar refractivity (Wildman–Crippen MR) is 82.3 cm³/mol. The summed E-state index contributed by atoms with van der Waals surface area (Å²) in [5.41, 5.74) is 1.86. The van der Waals surface area contributed by atoms with Crippen LogP contribution in [-0.2, 0) is 0 Å². The molecule has 2 heterocycles. The van der Waals surface area contributed by atoms with Crippen LogP contribution in [0.4, 0.5) is 5.13 Å². The number of benzene rings is 1. The minimum absolute atomic E-state index is 0.290. The fourth-order valence-electron chi connectivity index (χ4n) is 1.75. The molecule has 0 fully saturated rings. The minimum atomic E-state index is -0.290. The summed E-state index contributed by atoms with van der Waals surface area (Å²) in [5, 5.41) is 20.6. The first kappa shape index (κ1) is 13.9. The summed E-state index contributed by atoms with van der Waals surface area (Å²) < 4.78 is 0. The fourth-order valence-corrected chi connectivity index (χ4v) is 2.49. The first-order valence-corrected chi connectivity index (χ1v) is 7.13. The maximum Gasteiger partial charge on any atom is 0.257 e. The van der Waals surface area contributed by atoms with Gasteiger partial charge in [-0.15, -0.1) is 10.2 Å². The molecule has 3 rings (SSSR count). The zero-order chi connectivity index (χ0) is 15.4.